The number of anilines is 3. The Hall–Kier alpha value is -3.81. The molecule has 1 aliphatic rings. The topological polar surface area (TPSA) is 94.6 Å². The van der Waals surface area contributed by atoms with Crippen LogP contribution in [0, 0.1) is 6.92 Å². The average molecular weight is 392 g/mol. The zero-order chi connectivity index (χ0) is 20.2. The first-order chi connectivity index (χ1) is 14.1. The largest absolute Gasteiger partial charge is 0.494 e. The predicted octanol–water partition coefficient (Wildman–Crippen LogP) is 3.91. The van der Waals surface area contributed by atoms with Gasteiger partial charge in [0, 0.05) is 23.1 Å². The maximum absolute atomic E-state index is 12.6. The van der Waals surface area contributed by atoms with Crippen molar-refractivity contribution < 1.29 is 19.0 Å². The molecule has 0 spiro atoms. The second-order valence-corrected chi connectivity index (χ2v) is 6.32. The number of amides is 1. The Morgan fingerprint density at radius 2 is 1.79 bits per heavy atom. The van der Waals surface area contributed by atoms with Crippen molar-refractivity contribution in [3.05, 3.63) is 59.9 Å². The van der Waals surface area contributed by atoms with Gasteiger partial charge < -0.3 is 24.8 Å². The molecule has 0 saturated heterocycles. The van der Waals surface area contributed by atoms with E-state index >= 15 is 0 Å². The van der Waals surface area contributed by atoms with E-state index in [1.54, 1.807) is 49.4 Å². The molecule has 0 radical (unpaired) electrons. The number of ether oxygens (including phenoxy) is 3. The fraction of sp³-hybridized carbons (Fsp3) is 0.190. The third-order valence-corrected chi connectivity index (χ3v) is 4.14. The molecule has 0 unspecified atom stereocenters. The molecule has 1 aromatic heterocycles. The highest BCUT2D eigenvalue weighted by atomic mass is 16.7. The van der Waals surface area contributed by atoms with Gasteiger partial charge in [-0.3, -0.25) is 4.79 Å². The van der Waals surface area contributed by atoms with E-state index in [4.69, 9.17) is 14.2 Å². The lowest BCUT2D eigenvalue weighted by atomic mass is 10.2. The van der Waals surface area contributed by atoms with Crippen molar-refractivity contribution in [2.24, 2.45) is 0 Å². The van der Waals surface area contributed by atoms with E-state index in [9.17, 15) is 4.79 Å². The van der Waals surface area contributed by atoms with E-state index in [0.29, 0.717) is 35.4 Å². The number of carbonyl (C=O) groups is 1. The SMILES string of the molecule is CCOc1ccc(NC(=O)c2cc(C)nc(Nc3ccc4c(c3)OCO4)n2)cc1. The van der Waals surface area contributed by atoms with Crippen LogP contribution in [-0.2, 0) is 0 Å². The lowest BCUT2D eigenvalue weighted by Crippen LogP contribution is -2.15. The molecule has 0 fully saturated rings. The average Bonchev–Trinajstić information content (AvgIpc) is 3.17. The summed E-state index contributed by atoms with van der Waals surface area (Å²) in [4.78, 5) is 21.3. The first-order valence-corrected chi connectivity index (χ1v) is 9.17. The normalized spacial score (nSPS) is 11.8. The van der Waals surface area contributed by atoms with E-state index in [1.807, 2.05) is 13.0 Å². The van der Waals surface area contributed by atoms with Crippen LogP contribution in [0.15, 0.2) is 48.5 Å². The van der Waals surface area contributed by atoms with Crippen molar-refractivity contribution in [3.8, 4) is 17.2 Å². The van der Waals surface area contributed by atoms with E-state index in [1.165, 1.54) is 0 Å². The van der Waals surface area contributed by atoms with Crippen LogP contribution in [0.2, 0.25) is 0 Å². The number of aryl methyl sites for hydroxylation is 1. The van der Waals surface area contributed by atoms with Crippen molar-refractivity contribution in [2.45, 2.75) is 13.8 Å². The highest BCUT2D eigenvalue weighted by Gasteiger charge is 2.15. The van der Waals surface area contributed by atoms with Crippen LogP contribution in [-0.4, -0.2) is 29.3 Å². The summed E-state index contributed by atoms with van der Waals surface area (Å²) in [6.07, 6.45) is 0. The monoisotopic (exact) mass is 392 g/mol. The van der Waals surface area contributed by atoms with Gasteiger partial charge in [0.05, 0.1) is 6.61 Å². The number of hydrogen-bond acceptors (Lipinski definition) is 7. The Morgan fingerprint density at radius 1 is 1.03 bits per heavy atom. The lowest BCUT2D eigenvalue weighted by molar-refractivity contribution is 0.102. The van der Waals surface area contributed by atoms with Crippen LogP contribution in [0.1, 0.15) is 23.1 Å². The Labute approximate surface area is 167 Å². The Kier molecular flexibility index (Phi) is 5.15. The molecule has 0 aliphatic carbocycles. The standard InChI is InChI=1S/C21H20N4O4/c1-3-27-16-7-4-14(5-8-16)23-20(26)17-10-13(2)22-21(25-17)24-15-6-9-18-19(11-15)29-12-28-18/h4-11H,3,12H2,1-2H3,(H,23,26)(H,22,24,25). The van der Waals surface area contributed by atoms with Crippen LogP contribution in [0.5, 0.6) is 17.2 Å². The van der Waals surface area contributed by atoms with Gasteiger partial charge in [-0.1, -0.05) is 0 Å². The van der Waals surface area contributed by atoms with E-state index in [-0.39, 0.29) is 18.4 Å². The summed E-state index contributed by atoms with van der Waals surface area (Å²) in [5, 5.41) is 5.93. The summed E-state index contributed by atoms with van der Waals surface area (Å²) in [6.45, 7) is 4.52. The minimum absolute atomic E-state index is 0.204. The van der Waals surface area contributed by atoms with Gasteiger partial charge in [-0.05, 0) is 56.3 Å². The van der Waals surface area contributed by atoms with Gasteiger partial charge in [0.15, 0.2) is 11.5 Å². The van der Waals surface area contributed by atoms with Crippen molar-refractivity contribution in [2.75, 3.05) is 24.0 Å². The quantitative estimate of drug-likeness (QED) is 0.657. The number of hydrogen-bond donors (Lipinski definition) is 2. The molecule has 8 nitrogen and oxygen atoms in total. The fourth-order valence-corrected chi connectivity index (χ4v) is 2.84. The highest BCUT2D eigenvalue weighted by molar-refractivity contribution is 6.03. The number of rotatable bonds is 6. The summed E-state index contributed by atoms with van der Waals surface area (Å²) in [7, 11) is 0. The molecule has 1 aliphatic heterocycles. The molecule has 0 saturated carbocycles. The maximum Gasteiger partial charge on any atom is 0.274 e. The van der Waals surface area contributed by atoms with E-state index in [2.05, 4.69) is 20.6 Å². The Bertz CT molecular complexity index is 1040. The minimum Gasteiger partial charge on any atom is -0.494 e. The first kappa shape index (κ1) is 18.5. The summed E-state index contributed by atoms with van der Waals surface area (Å²) in [5.41, 5.74) is 2.31. The van der Waals surface area contributed by atoms with Gasteiger partial charge in [-0.25, -0.2) is 9.97 Å². The maximum atomic E-state index is 12.6. The number of carbonyl (C=O) groups excluding carboxylic acids is 1. The second kappa shape index (κ2) is 8.05. The van der Waals surface area contributed by atoms with E-state index in [0.717, 1.165) is 11.4 Å². The number of fused-ring (bicyclic) bond motifs is 1. The van der Waals surface area contributed by atoms with Gasteiger partial charge in [-0.15, -0.1) is 0 Å². The summed E-state index contributed by atoms with van der Waals surface area (Å²) >= 11 is 0. The summed E-state index contributed by atoms with van der Waals surface area (Å²) in [6, 6.07) is 14.2. The number of nitrogens with zero attached hydrogens (tertiary/aromatic N) is 2. The Balaban J connectivity index is 1.49. The molecule has 1 amide bonds. The second-order valence-electron chi connectivity index (χ2n) is 6.32. The zero-order valence-corrected chi connectivity index (χ0v) is 16.1. The fourth-order valence-electron chi connectivity index (χ4n) is 2.84. The van der Waals surface area contributed by atoms with Gasteiger partial charge in [0.25, 0.3) is 5.91 Å². The smallest absolute Gasteiger partial charge is 0.274 e. The molecule has 148 valence electrons. The molecule has 2 aromatic carbocycles. The zero-order valence-electron chi connectivity index (χ0n) is 16.1. The van der Waals surface area contributed by atoms with Gasteiger partial charge in [0.1, 0.15) is 11.4 Å². The van der Waals surface area contributed by atoms with Crippen molar-refractivity contribution in [3.63, 3.8) is 0 Å². The van der Waals surface area contributed by atoms with Crippen LogP contribution in [0.3, 0.4) is 0 Å². The molecule has 2 heterocycles. The third kappa shape index (κ3) is 4.37. The lowest BCUT2D eigenvalue weighted by Gasteiger charge is -2.10. The number of nitrogens with one attached hydrogen (secondary N) is 2. The van der Waals surface area contributed by atoms with Crippen LogP contribution in [0.25, 0.3) is 0 Å². The minimum atomic E-state index is -0.326. The number of aromatic nitrogens is 2. The molecule has 4 rings (SSSR count). The van der Waals surface area contributed by atoms with Crippen LogP contribution in [0.4, 0.5) is 17.3 Å². The molecule has 0 bridgehead atoms. The van der Waals surface area contributed by atoms with Crippen LogP contribution >= 0.6 is 0 Å². The molecular formula is C21H20N4O4. The highest BCUT2D eigenvalue weighted by Crippen LogP contribution is 2.34. The summed E-state index contributed by atoms with van der Waals surface area (Å²) in [5.74, 6) is 2.08. The molecule has 29 heavy (non-hydrogen) atoms. The van der Waals surface area contributed by atoms with Gasteiger partial charge >= 0.3 is 0 Å². The van der Waals surface area contributed by atoms with Crippen LogP contribution < -0.4 is 24.8 Å². The molecule has 8 heteroatoms. The van der Waals surface area contributed by atoms with Crippen molar-refractivity contribution in [1.29, 1.82) is 0 Å². The van der Waals surface area contributed by atoms with Crippen molar-refractivity contribution >= 4 is 23.2 Å². The first-order valence-electron chi connectivity index (χ1n) is 9.17. The third-order valence-electron chi connectivity index (χ3n) is 4.14. The Morgan fingerprint density at radius 3 is 2.59 bits per heavy atom. The molecule has 2 N–H and O–H groups in total. The van der Waals surface area contributed by atoms with Crippen molar-refractivity contribution in [1.82, 2.24) is 9.97 Å². The summed E-state index contributed by atoms with van der Waals surface area (Å²) < 4.78 is 16.1. The van der Waals surface area contributed by atoms with Gasteiger partial charge in [-0.2, -0.15) is 0 Å². The predicted molar refractivity (Wildman–Crippen MR) is 108 cm³/mol. The molecular weight excluding hydrogens is 372 g/mol. The molecule has 3 aromatic rings. The van der Waals surface area contributed by atoms with Gasteiger partial charge in [0.2, 0.25) is 12.7 Å². The number of benzene rings is 2. The van der Waals surface area contributed by atoms with E-state index < -0.39 is 0 Å². The molecule has 0 atom stereocenters.